The van der Waals surface area contributed by atoms with Crippen molar-refractivity contribution in [3.8, 4) is 17.3 Å². The first-order valence-electron chi connectivity index (χ1n) is 7.82. The SMILES string of the molecule is [C-]#[N+]c1ccc(-c2nc(N3CCC(N)CC3)cc(C#N)c2Br)cc1F. The molecule has 3 rings (SSSR count). The Morgan fingerprint density at radius 3 is 2.68 bits per heavy atom. The van der Waals surface area contributed by atoms with Gasteiger partial charge in [0.1, 0.15) is 17.7 Å². The van der Waals surface area contributed by atoms with Crippen molar-refractivity contribution < 1.29 is 4.39 Å². The molecule has 0 saturated carbocycles. The second kappa shape index (κ2) is 7.18. The minimum absolute atomic E-state index is 0.0402. The Bertz CT molecular complexity index is 892. The van der Waals surface area contributed by atoms with Crippen LogP contribution in [-0.4, -0.2) is 24.1 Å². The maximum absolute atomic E-state index is 14.0. The lowest BCUT2D eigenvalue weighted by molar-refractivity contribution is 0.498. The monoisotopic (exact) mass is 399 g/mol. The normalized spacial score (nSPS) is 14.8. The number of anilines is 1. The second-order valence-electron chi connectivity index (χ2n) is 5.90. The van der Waals surface area contributed by atoms with Crippen LogP contribution in [0.5, 0.6) is 0 Å². The van der Waals surface area contributed by atoms with Crippen molar-refractivity contribution in [2.45, 2.75) is 18.9 Å². The van der Waals surface area contributed by atoms with Gasteiger partial charge in [0.2, 0.25) is 5.69 Å². The van der Waals surface area contributed by atoms with Gasteiger partial charge in [0.05, 0.1) is 22.3 Å². The fourth-order valence-electron chi connectivity index (χ4n) is 2.82. The standard InChI is InChI=1S/C18H15BrFN5/c1-23-15-3-2-11(8-14(15)20)18-17(19)12(10-21)9-16(24-18)25-6-4-13(22)5-7-25/h2-3,8-9,13H,4-7,22H2. The van der Waals surface area contributed by atoms with E-state index < -0.39 is 5.82 Å². The summed E-state index contributed by atoms with van der Waals surface area (Å²) in [5.41, 5.74) is 7.34. The molecule has 126 valence electrons. The third-order valence-electron chi connectivity index (χ3n) is 4.27. The Morgan fingerprint density at radius 1 is 1.36 bits per heavy atom. The number of pyridine rings is 1. The summed E-state index contributed by atoms with van der Waals surface area (Å²) in [4.78, 5) is 9.86. The molecule has 0 amide bonds. The number of halogens is 2. The summed E-state index contributed by atoms with van der Waals surface area (Å²) in [6, 6.07) is 8.41. The molecule has 0 atom stereocenters. The van der Waals surface area contributed by atoms with Gasteiger partial charge < -0.3 is 10.6 Å². The Morgan fingerprint density at radius 2 is 2.08 bits per heavy atom. The number of aromatic nitrogens is 1. The van der Waals surface area contributed by atoms with Crippen molar-refractivity contribution in [1.82, 2.24) is 4.98 Å². The third kappa shape index (κ3) is 3.48. The lowest BCUT2D eigenvalue weighted by Crippen LogP contribution is -2.40. The van der Waals surface area contributed by atoms with Gasteiger partial charge in [-0.25, -0.2) is 14.2 Å². The van der Waals surface area contributed by atoms with Crippen LogP contribution >= 0.6 is 15.9 Å². The Labute approximate surface area is 153 Å². The molecular weight excluding hydrogens is 385 g/mol. The first-order chi connectivity index (χ1) is 12.0. The molecule has 0 spiro atoms. The van der Waals surface area contributed by atoms with E-state index in [2.05, 4.69) is 36.7 Å². The van der Waals surface area contributed by atoms with E-state index >= 15 is 0 Å². The minimum atomic E-state index is -0.603. The molecule has 2 N–H and O–H groups in total. The van der Waals surface area contributed by atoms with Gasteiger partial charge in [0.15, 0.2) is 0 Å². The van der Waals surface area contributed by atoms with Crippen LogP contribution < -0.4 is 10.6 Å². The van der Waals surface area contributed by atoms with Crippen molar-refractivity contribution >= 4 is 27.4 Å². The molecule has 1 aliphatic heterocycles. The molecule has 1 fully saturated rings. The first kappa shape index (κ1) is 17.3. The van der Waals surface area contributed by atoms with Crippen LogP contribution in [0.15, 0.2) is 28.7 Å². The van der Waals surface area contributed by atoms with E-state index in [0.717, 1.165) is 25.9 Å². The highest BCUT2D eigenvalue weighted by molar-refractivity contribution is 9.10. The lowest BCUT2D eigenvalue weighted by atomic mass is 10.1. The number of benzene rings is 1. The molecule has 0 bridgehead atoms. The minimum Gasteiger partial charge on any atom is -0.356 e. The molecule has 0 aliphatic carbocycles. The van der Waals surface area contributed by atoms with Gasteiger partial charge in [-0.1, -0.05) is 12.1 Å². The Hall–Kier alpha value is -2.48. The van der Waals surface area contributed by atoms with Crippen LogP contribution in [0.25, 0.3) is 16.1 Å². The topological polar surface area (TPSA) is 70.3 Å². The van der Waals surface area contributed by atoms with Crippen molar-refractivity contribution in [3.05, 3.63) is 51.5 Å². The van der Waals surface area contributed by atoms with E-state index in [0.29, 0.717) is 27.1 Å². The average Bonchev–Trinajstić information content (AvgIpc) is 2.62. The number of hydrogen-bond acceptors (Lipinski definition) is 4. The predicted molar refractivity (Wildman–Crippen MR) is 97.7 cm³/mol. The summed E-state index contributed by atoms with van der Waals surface area (Å²) in [7, 11) is 0. The smallest absolute Gasteiger partial charge is 0.222 e. The molecule has 1 saturated heterocycles. The van der Waals surface area contributed by atoms with Gasteiger partial charge in [-0.05, 0) is 40.9 Å². The summed E-state index contributed by atoms with van der Waals surface area (Å²) < 4.78 is 14.5. The zero-order valence-corrected chi connectivity index (χ0v) is 14.9. The van der Waals surface area contributed by atoms with Crippen LogP contribution in [0, 0.1) is 23.7 Å². The summed E-state index contributed by atoms with van der Waals surface area (Å²) in [6.45, 7) is 8.49. The maximum Gasteiger partial charge on any atom is 0.222 e. The zero-order valence-electron chi connectivity index (χ0n) is 13.3. The number of piperidine rings is 1. The number of nitrogens with zero attached hydrogens (tertiary/aromatic N) is 4. The van der Waals surface area contributed by atoms with Crippen LogP contribution in [0.1, 0.15) is 18.4 Å². The molecular formula is C18H15BrFN5. The fourth-order valence-corrected chi connectivity index (χ4v) is 3.34. The maximum atomic E-state index is 14.0. The molecule has 7 heteroatoms. The van der Waals surface area contributed by atoms with Crippen LogP contribution in [0.2, 0.25) is 0 Å². The summed E-state index contributed by atoms with van der Waals surface area (Å²) in [5, 5.41) is 9.43. The van der Waals surface area contributed by atoms with Gasteiger partial charge in [0.25, 0.3) is 0 Å². The van der Waals surface area contributed by atoms with Crippen LogP contribution in [-0.2, 0) is 0 Å². The van der Waals surface area contributed by atoms with Gasteiger partial charge in [-0.3, -0.25) is 0 Å². The van der Waals surface area contributed by atoms with Gasteiger partial charge in [-0.15, -0.1) is 0 Å². The van der Waals surface area contributed by atoms with Crippen LogP contribution in [0.3, 0.4) is 0 Å². The van der Waals surface area contributed by atoms with E-state index in [1.165, 1.54) is 12.1 Å². The lowest BCUT2D eigenvalue weighted by Gasteiger charge is -2.31. The van der Waals surface area contributed by atoms with E-state index in [-0.39, 0.29) is 11.7 Å². The highest BCUT2D eigenvalue weighted by atomic mass is 79.9. The highest BCUT2D eigenvalue weighted by Gasteiger charge is 2.21. The molecule has 2 aromatic rings. The van der Waals surface area contributed by atoms with Crippen molar-refractivity contribution in [3.63, 3.8) is 0 Å². The largest absolute Gasteiger partial charge is 0.356 e. The summed E-state index contributed by atoms with van der Waals surface area (Å²) >= 11 is 3.40. The van der Waals surface area contributed by atoms with Gasteiger partial charge in [-0.2, -0.15) is 5.26 Å². The second-order valence-corrected chi connectivity index (χ2v) is 6.70. The van der Waals surface area contributed by atoms with Crippen molar-refractivity contribution in [2.24, 2.45) is 5.73 Å². The summed E-state index contributed by atoms with van der Waals surface area (Å²) in [6.07, 6.45) is 1.73. The zero-order chi connectivity index (χ0) is 18.0. The molecule has 2 heterocycles. The molecule has 1 aromatic carbocycles. The number of nitrogens with two attached hydrogens (primary N) is 1. The third-order valence-corrected chi connectivity index (χ3v) is 5.07. The van der Waals surface area contributed by atoms with E-state index in [1.54, 1.807) is 12.1 Å². The van der Waals surface area contributed by atoms with E-state index in [9.17, 15) is 9.65 Å². The highest BCUT2D eigenvalue weighted by Crippen LogP contribution is 2.34. The molecule has 25 heavy (non-hydrogen) atoms. The van der Waals surface area contributed by atoms with E-state index in [1.807, 2.05) is 0 Å². The van der Waals surface area contributed by atoms with Crippen molar-refractivity contribution in [1.29, 1.82) is 5.26 Å². The van der Waals surface area contributed by atoms with E-state index in [4.69, 9.17) is 12.3 Å². The quantitative estimate of drug-likeness (QED) is 0.774. The number of nitriles is 1. The summed E-state index contributed by atoms with van der Waals surface area (Å²) in [5.74, 6) is 0.0744. The molecule has 1 aromatic heterocycles. The first-order valence-corrected chi connectivity index (χ1v) is 8.61. The molecule has 0 unspecified atom stereocenters. The van der Waals surface area contributed by atoms with Gasteiger partial charge >= 0.3 is 0 Å². The van der Waals surface area contributed by atoms with Gasteiger partial charge in [0, 0.05) is 24.7 Å². The molecule has 1 aliphatic rings. The van der Waals surface area contributed by atoms with Crippen LogP contribution in [0.4, 0.5) is 15.9 Å². The van der Waals surface area contributed by atoms with Crippen molar-refractivity contribution in [2.75, 3.05) is 18.0 Å². The molecule has 5 nitrogen and oxygen atoms in total. The average molecular weight is 400 g/mol. The predicted octanol–water partition coefficient (Wildman–Crippen LogP) is 4.00. The number of rotatable bonds is 2. The Balaban J connectivity index is 2.07. The number of hydrogen-bond donors (Lipinski definition) is 1. The Kier molecular flexibility index (Phi) is 4.98. The molecule has 0 radical (unpaired) electrons. The fraction of sp³-hybridized carbons (Fsp3) is 0.278.